The van der Waals surface area contributed by atoms with Gasteiger partial charge in [-0.2, -0.15) is 0 Å². The summed E-state index contributed by atoms with van der Waals surface area (Å²) in [6, 6.07) is 10.8. The molecule has 1 N–H and O–H groups in total. The SMILES string of the molecule is CN=C(NCc1ccccc1F)N(C)Cc1cccn1C.I. The van der Waals surface area contributed by atoms with Crippen molar-refractivity contribution < 1.29 is 4.39 Å². The zero-order valence-electron chi connectivity index (χ0n) is 13.1. The van der Waals surface area contributed by atoms with Crippen LogP contribution in [0.2, 0.25) is 0 Å². The number of hydrogen-bond acceptors (Lipinski definition) is 1. The molecule has 2 rings (SSSR count). The van der Waals surface area contributed by atoms with Gasteiger partial charge >= 0.3 is 0 Å². The third-order valence-electron chi connectivity index (χ3n) is 3.42. The lowest BCUT2D eigenvalue weighted by Crippen LogP contribution is -2.38. The highest BCUT2D eigenvalue weighted by atomic mass is 127. The molecule has 0 aliphatic heterocycles. The first-order valence-electron chi connectivity index (χ1n) is 6.87. The topological polar surface area (TPSA) is 32.6 Å². The van der Waals surface area contributed by atoms with E-state index in [-0.39, 0.29) is 29.8 Å². The van der Waals surface area contributed by atoms with Crippen molar-refractivity contribution >= 4 is 29.9 Å². The first kappa shape index (κ1) is 18.5. The summed E-state index contributed by atoms with van der Waals surface area (Å²) in [5.41, 5.74) is 1.82. The smallest absolute Gasteiger partial charge is 0.194 e. The fraction of sp³-hybridized carbons (Fsp3) is 0.312. The van der Waals surface area contributed by atoms with Gasteiger partial charge in [-0.15, -0.1) is 24.0 Å². The van der Waals surface area contributed by atoms with Gasteiger partial charge in [0.1, 0.15) is 5.82 Å². The minimum atomic E-state index is -0.203. The van der Waals surface area contributed by atoms with Crippen LogP contribution in [0.1, 0.15) is 11.3 Å². The molecule has 6 heteroatoms. The van der Waals surface area contributed by atoms with Crippen LogP contribution in [0.15, 0.2) is 47.6 Å². The lowest BCUT2D eigenvalue weighted by atomic mass is 10.2. The largest absolute Gasteiger partial charge is 0.353 e. The van der Waals surface area contributed by atoms with Crippen LogP contribution in [-0.2, 0) is 20.1 Å². The highest BCUT2D eigenvalue weighted by molar-refractivity contribution is 14.0. The van der Waals surface area contributed by atoms with Crippen molar-refractivity contribution in [3.8, 4) is 0 Å². The Bertz CT molecular complexity index is 624. The van der Waals surface area contributed by atoms with E-state index in [2.05, 4.69) is 20.9 Å². The van der Waals surface area contributed by atoms with E-state index in [0.717, 1.165) is 12.5 Å². The van der Waals surface area contributed by atoms with Crippen molar-refractivity contribution in [1.29, 1.82) is 0 Å². The Kier molecular flexibility index (Phi) is 7.37. The van der Waals surface area contributed by atoms with E-state index in [9.17, 15) is 4.39 Å². The highest BCUT2D eigenvalue weighted by Crippen LogP contribution is 2.07. The van der Waals surface area contributed by atoms with Crippen molar-refractivity contribution in [3.63, 3.8) is 0 Å². The fourth-order valence-electron chi connectivity index (χ4n) is 2.18. The molecule has 1 aromatic heterocycles. The molecular weight excluding hydrogens is 394 g/mol. The summed E-state index contributed by atoms with van der Waals surface area (Å²) in [6.07, 6.45) is 2.01. The summed E-state index contributed by atoms with van der Waals surface area (Å²) in [6.45, 7) is 1.15. The normalized spacial score (nSPS) is 11.0. The van der Waals surface area contributed by atoms with Crippen molar-refractivity contribution in [2.45, 2.75) is 13.1 Å². The van der Waals surface area contributed by atoms with E-state index in [4.69, 9.17) is 0 Å². The van der Waals surface area contributed by atoms with Gasteiger partial charge in [-0.1, -0.05) is 18.2 Å². The van der Waals surface area contributed by atoms with E-state index in [1.54, 1.807) is 19.2 Å². The number of hydrogen-bond donors (Lipinski definition) is 1. The second-order valence-electron chi connectivity index (χ2n) is 4.96. The molecule has 0 amide bonds. The van der Waals surface area contributed by atoms with Crippen LogP contribution in [-0.4, -0.2) is 29.5 Å². The van der Waals surface area contributed by atoms with E-state index in [1.807, 2.05) is 37.3 Å². The van der Waals surface area contributed by atoms with Crippen molar-refractivity contribution in [2.24, 2.45) is 12.0 Å². The van der Waals surface area contributed by atoms with Gasteiger partial charge in [0.05, 0.1) is 6.54 Å². The maximum Gasteiger partial charge on any atom is 0.194 e. The molecule has 0 aliphatic rings. The zero-order chi connectivity index (χ0) is 15.2. The second-order valence-corrected chi connectivity index (χ2v) is 4.96. The summed E-state index contributed by atoms with van der Waals surface area (Å²) in [5.74, 6) is 0.532. The fourth-order valence-corrected chi connectivity index (χ4v) is 2.18. The van der Waals surface area contributed by atoms with E-state index in [0.29, 0.717) is 12.1 Å². The van der Waals surface area contributed by atoms with Crippen LogP contribution in [0.3, 0.4) is 0 Å². The van der Waals surface area contributed by atoms with Gasteiger partial charge in [0.25, 0.3) is 0 Å². The maximum atomic E-state index is 13.6. The number of guanidine groups is 1. The predicted molar refractivity (Wildman–Crippen MR) is 98.9 cm³/mol. The maximum absolute atomic E-state index is 13.6. The number of rotatable bonds is 4. The molecule has 0 spiro atoms. The summed E-state index contributed by atoms with van der Waals surface area (Å²) in [4.78, 5) is 6.25. The average molecular weight is 416 g/mol. The molecule has 0 aliphatic carbocycles. The molecule has 2 aromatic rings. The summed E-state index contributed by atoms with van der Waals surface area (Å²) in [5, 5.41) is 3.18. The van der Waals surface area contributed by atoms with Gasteiger partial charge in [-0.05, 0) is 18.2 Å². The molecule has 0 unspecified atom stereocenters. The molecule has 1 aromatic carbocycles. The molecule has 1 heterocycles. The van der Waals surface area contributed by atoms with Gasteiger partial charge in [0.15, 0.2) is 5.96 Å². The summed E-state index contributed by atoms with van der Waals surface area (Å²) < 4.78 is 15.7. The standard InChI is InChI=1S/C16H21FN4.HI/c1-18-16(19-11-13-7-4-5-9-15(13)17)21(3)12-14-8-6-10-20(14)2;/h4-10H,11-12H2,1-3H3,(H,18,19);1H. The molecule has 120 valence electrons. The van der Waals surface area contributed by atoms with Crippen LogP contribution in [0.25, 0.3) is 0 Å². The quantitative estimate of drug-likeness (QED) is 0.472. The third-order valence-corrected chi connectivity index (χ3v) is 3.42. The summed E-state index contributed by atoms with van der Waals surface area (Å²) in [7, 11) is 5.70. The van der Waals surface area contributed by atoms with Crippen LogP contribution in [0.4, 0.5) is 4.39 Å². The number of aryl methyl sites for hydroxylation is 1. The molecule has 0 fully saturated rings. The third kappa shape index (κ3) is 4.72. The Morgan fingerprint density at radius 3 is 2.59 bits per heavy atom. The Labute approximate surface area is 148 Å². The van der Waals surface area contributed by atoms with Gasteiger partial charge in [-0.3, -0.25) is 4.99 Å². The van der Waals surface area contributed by atoms with Crippen LogP contribution >= 0.6 is 24.0 Å². The van der Waals surface area contributed by atoms with Crippen LogP contribution in [0.5, 0.6) is 0 Å². The van der Waals surface area contributed by atoms with Gasteiger partial charge in [-0.25, -0.2) is 4.39 Å². The van der Waals surface area contributed by atoms with Gasteiger partial charge in [0.2, 0.25) is 0 Å². The predicted octanol–water partition coefficient (Wildman–Crippen LogP) is 2.99. The van der Waals surface area contributed by atoms with E-state index < -0.39 is 0 Å². The Hall–Kier alpha value is -1.57. The molecule has 22 heavy (non-hydrogen) atoms. The van der Waals surface area contributed by atoms with Gasteiger partial charge in [0, 0.05) is 45.1 Å². The number of benzene rings is 1. The van der Waals surface area contributed by atoms with Crippen LogP contribution < -0.4 is 5.32 Å². The molecule has 4 nitrogen and oxygen atoms in total. The Morgan fingerprint density at radius 1 is 1.27 bits per heavy atom. The van der Waals surface area contributed by atoms with Crippen LogP contribution in [0, 0.1) is 5.82 Å². The molecular formula is C16H22FIN4. The average Bonchev–Trinajstić information content (AvgIpc) is 2.87. The molecule has 0 saturated heterocycles. The molecule has 0 bridgehead atoms. The lowest BCUT2D eigenvalue weighted by Gasteiger charge is -2.22. The zero-order valence-corrected chi connectivity index (χ0v) is 15.4. The van der Waals surface area contributed by atoms with E-state index >= 15 is 0 Å². The Balaban J connectivity index is 0.00000242. The molecule has 0 radical (unpaired) electrons. The minimum Gasteiger partial charge on any atom is -0.353 e. The monoisotopic (exact) mass is 416 g/mol. The van der Waals surface area contributed by atoms with Crippen molar-refractivity contribution in [2.75, 3.05) is 14.1 Å². The van der Waals surface area contributed by atoms with Gasteiger partial charge < -0.3 is 14.8 Å². The highest BCUT2D eigenvalue weighted by Gasteiger charge is 2.09. The van der Waals surface area contributed by atoms with Crippen molar-refractivity contribution in [1.82, 2.24) is 14.8 Å². The van der Waals surface area contributed by atoms with Crippen molar-refractivity contribution in [3.05, 3.63) is 59.7 Å². The second kappa shape index (κ2) is 8.77. The molecule has 0 saturated carbocycles. The number of aromatic nitrogens is 1. The number of nitrogens with zero attached hydrogens (tertiary/aromatic N) is 3. The van der Waals surface area contributed by atoms with E-state index in [1.165, 1.54) is 11.8 Å². The lowest BCUT2D eigenvalue weighted by molar-refractivity contribution is 0.460. The first-order valence-corrected chi connectivity index (χ1v) is 6.87. The minimum absolute atomic E-state index is 0. The number of halogens is 2. The Morgan fingerprint density at radius 2 is 2.00 bits per heavy atom. The summed E-state index contributed by atoms with van der Waals surface area (Å²) >= 11 is 0. The first-order chi connectivity index (χ1) is 10.1. The number of aliphatic imine (C=N–C) groups is 1. The number of nitrogens with one attached hydrogen (secondary N) is 1. The molecule has 0 atom stereocenters.